The van der Waals surface area contributed by atoms with Crippen LogP contribution in [-0.2, 0) is 0 Å². The number of rotatable bonds is 5. The van der Waals surface area contributed by atoms with Crippen LogP contribution >= 0.6 is 0 Å². The highest BCUT2D eigenvalue weighted by Crippen LogP contribution is 2.46. The first-order chi connectivity index (χ1) is 11.7. The standard InChI is InChI=1S/C20H30N4/c1-14-10-17(13-24(14)18-8-9-18)23-20(21-2)22-12-16-11-19(16)15-6-4-3-5-7-15/h3-7,14,16-19H,8-13H2,1-2H3,(H2,21,22,23). The zero-order valence-electron chi connectivity index (χ0n) is 14.9. The van der Waals surface area contributed by atoms with Crippen LogP contribution in [0.5, 0.6) is 0 Å². The molecule has 1 aliphatic heterocycles. The van der Waals surface area contributed by atoms with E-state index in [0.29, 0.717) is 12.1 Å². The van der Waals surface area contributed by atoms with Crippen molar-refractivity contribution in [3.05, 3.63) is 35.9 Å². The lowest BCUT2D eigenvalue weighted by atomic mass is 10.1. The number of nitrogens with zero attached hydrogens (tertiary/aromatic N) is 2. The van der Waals surface area contributed by atoms with Crippen LogP contribution in [0.2, 0.25) is 0 Å². The molecule has 0 bridgehead atoms. The third kappa shape index (κ3) is 3.59. The Labute approximate surface area is 145 Å². The Hall–Kier alpha value is -1.55. The fourth-order valence-corrected chi connectivity index (χ4v) is 4.27. The van der Waals surface area contributed by atoms with Gasteiger partial charge in [0.1, 0.15) is 0 Å². The number of hydrogen-bond acceptors (Lipinski definition) is 2. The normalized spacial score (nSPS) is 33.5. The lowest BCUT2D eigenvalue weighted by Gasteiger charge is -2.20. The number of benzene rings is 1. The zero-order chi connectivity index (χ0) is 16.5. The number of aliphatic imine (C=N–C) groups is 1. The van der Waals surface area contributed by atoms with Crippen LogP contribution in [-0.4, -0.2) is 49.1 Å². The highest BCUT2D eigenvalue weighted by Gasteiger charge is 2.40. The Morgan fingerprint density at radius 1 is 1.21 bits per heavy atom. The predicted molar refractivity (Wildman–Crippen MR) is 99.4 cm³/mol. The van der Waals surface area contributed by atoms with Crippen molar-refractivity contribution in [1.82, 2.24) is 15.5 Å². The Morgan fingerprint density at radius 2 is 2.00 bits per heavy atom. The molecule has 4 heteroatoms. The minimum Gasteiger partial charge on any atom is -0.356 e. The summed E-state index contributed by atoms with van der Waals surface area (Å²) in [5.74, 6) is 2.45. The summed E-state index contributed by atoms with van der Waals surface area (Å²) in [4.78, 5) is 7.11. The largest absolute Gasteiger partial charge is 0.356 e. The average Bonchev–Trinajstić information content (AvgIpc) is 3.52. The van der Waals surface area contributed by atoms with Gasteiger partial charge in [0.2, 0.25) is 0 Å². The SMILES string of the molecule is CN=C(NCC1CC1c1ccccc1)NC1CC(C)N(C2CC2)C1. The van der Waals surface area contributed by atoms with E-state index in [2.05, 4.69) is 57.8 Å². The quantitative estimate of drug-likeness (QED) is 0.645. The molecular weight excluding hydrogens is 296 g/mol. The summed E-state index contributed by atoms with van der Waals surface area (Å²) < 4.78 is 0. The van der Waals surface area contributed by atoms with Crippen molar-refractivity contribution in [2.45, 2.75) is 56.7 Å². The summed E-state index contributed by atoms with van der Waals surface area (Å²) in [6.07, 6.45) is 5.32. The second-order valence-corrected chi connectivity index (χ2v) is 7.82. The lowest BCUT2D eigenvalue weighted by Crippen LogP contribution is -2.45. The molecule has 2 N–H and O–H groups in total. The van der Waals surface area contributed by atoms with Gasteiger partial charge in [-0.05, 0) is 50.0 Å². The molecule has 1 aromatic rings. The van der Waals surface area contributed by atoms with Crippen molar-refractivity contribution in [2.75, 3.05) is 20.1 Å². The second kappa shape index (κ2) is 6.75. The molecule has 4 rings (SSSR count). The Balaban J connectivity index is 1.23. The monoisotopic (exact) mass is 326 g/mol. The zero-order valence-corrected chi connectivity index (χ0v) is 14.9. The fourth-order valence-electron chi connectivity index (χ4n) is 4.27. The highest BCUT2D eigenvalue weighted by molar-refractivity contribution is 5.80. The molecule has 4 nitrogen and oxygen atoms in total. The third-order valence-electron chi connectivity index (χ3n) is 5.89. The number of likely N-dealkylation sites (tertiary alicyclic amines) is 1. The summed E-state index contributed by atoms with van der Waals surface area (Å²) in [6, 6.07) is 13.0. The minimum atomic E-state index is 0.538. The van der Waals surface area contributed by atoms with Gasteiger partial charge in [0, 0.05) is 38.3 Å². The minimum absolute atomic E-state index is 0.538. The van der Waals surface area contributed by atoms with Crippen LogP contribution in [0.3, 0.4) is 0 Å². The van der Waals surface area contributed by atoms with Crippen molar-refractivity contribution < 1.29 is 0 Å². The average molecular weight is 326 g/mol. The van der Waals surface area contributed by atoms with Gasteiger partial charge in [-0.15, -0.1) is 0 Å². The molecule has 4 atom stereocenters. The molecule has 4 unspecified atom stereocenters. The van der Waals surface area contributed by atoms with Crippen LogP contribution in [0.4, 0.5) is 0 Å². The van der Waals surface area contributed by atoms with Crippen molar-refractivity contribution in [1.29, 1.82) is 0 Å². The maximum Gasteiger partial charge on any atom is 0.191 e. The topological polar surface area (TPSA) is 39.7 Å². The first-order valence-corrected chi connectivity index (χ1v) is 9.52. The van der Waals surface area contributed by atoms with Gasteiger partial charge in [0.15, 0.2) is 5.96 Å². The van der Waals surface area contributed by atoms with E-state index in [1.807, 2.05) is 7.05 Å². The molecule has 1 aromatic carbocycles. The Morgan fingerprint density at radius 3 is 2.71 bits per heavy atom. The number of nitrogens with one attached hydrogen (secondary N) is 2. The highest BCUT2D eigenvalue weighted by atomic mass is 15.3. The lowest BCUT2D eigenvalue weighted by molar-refractivity contribution is 0.256. The van der Waals surface area contributed by atoms with E-state index in [4.69, 9.17) is 0 Å². The molecule has 2 aliphatic carbocycles. The van der Waals surface area contributed by atoms with Gasteiger partial charge in [-0.3, -0.25) is 9.89 Å². The van der Waals surface area contributed by atoms with Gasteiger partial charge in [0.05, 0.1) is 0 Å². The molecule has 3 fully saturated rings. The van der Waals surface area contributed by atoms with E-state index >= 15 is 0 Å². The van der Waals surface area contributed by atoms with E-state index in [1.54, 1.807) is 0 Å². The van der Waals surface area contributed by atoms with Gasteiger partial charge < -0.3 is 10.6 Å². The number of guanidine groups is 1. The summed E-state index contributed by atoms with van der Waals surface area (Å²) in [5, 5.41) is 7.20. The van der Waals surface area contributed by atoms with E-state index in [-0.39, 0.29) is 0 Å². The van der Waals surface area contributed by atoms with Crippen LogP contribution < -0.4 is 10.6 Å². The molecular formula is C20H30N4. The van der Waals surface area contributed by atoms with E-state index in [9.17, 15) is 0 Å². The van der Waals surface area contributed by atoms with Crippen molar-refractivity contribution in [3.63, 3.8) is 0 Å². The van der Waals surface area contributed by atoms with Crippen molar-refractivity contribution >= 4 is 5.96 Å². The summed E-state index contributed by atoms with van der Waals surface area (Å²) >= 11 is 0. The Kier molecular flexibility index (Phi) is 4.49. The smallest absolute Gasteiger partial charge is 0.191 e. The maximum atomic E-state index is 4.44. The van der Waals surface area contributed by atoms with Gasteiger partial charge in [-0.25, -0.2) is 0 Å². The van der Waals surface area contributed by atoms with E-state index < -0.39 is 0 Å². The Bertz CT molecular complexity index is 581. The number of hydrogen-bond donors (Lipinski definition) is 2. The van der Waals surface area contributed by atoms with Crippen LogP contribution in [0.15, 0.2) is 35.3 Å². The van der Waals surface area contributed by atoms with Gasteiger partial charge in [-0.1, -0.05) is 30.3 Å². The van der Waals surface area contributed by atoms with Gasteiger partial charge in [-0.2, -0.15) is 0 Å². The fraction of sp³-hybridized carbons (Fsp3) is 0.650. The molecule has 0 amide bonds. The third-order valence-corrected chi connectivity index (χ3v) is 5.89. The molecule has 0 radical (unpaired) electrons. The first kappa shape index (κ1) is 15.9. The van der Waals surface area contributed by atoms with Crippen LogP contribution in [0, 0.1) is 5.92 Å². The molecule has 130 valence electrons. The molecule has 1 saturated heterocycles. The second-order valence-electron chi connectivity index (χ2n) is 7.82. The molecule has 1 heterocycles. The summed E-state index contributed by atoms with van der Waals surface area (Å²) in [7, 11) is 1.88. The van der Waals surface area contributed by atoms with Gasteiger partial charge in [0.25, 0.3) is 0 Å². The maximum absolute atomic E-state index is 4.44. The first-order valence-electron chi connectivity index (χ1n) is 9.52. The van der Waals surface area contributed by atoms with E-state index in [0.717, 1.165) is 30.4 Å². The summed E-state index contributed by atoms with van der Waals surface area (Å²) in [6.45, 7) is 4.56. The van der Waals surface area contributed by atoms with Crippen molar-refractivity contribution in [2.24, 2.45) is 10.9 Å². The molecule has 3 aliphatic rings. The van der Waals surface area contributed by atoms with Crippen LogP contribution in [0.25, 0.3) is 0 Å². The van der Waals surface area contributed by atoms with Gasteiger partial charge >= 0.3 is 0 Å². The molecule has 0 aromatic heterocycles. The molecule has 2 saturated carbocycles. The van der Waals surface area contributed by atoms with E-state index in [1.165, 1.54) is 37.8 Å². The predicted octanol–water partition coefficient (Wildman–Crippen LogP) is 2.58. The molecule has 0 spiro atoms. The van der Waals surface area contributed by atoms with Crippen LogP contribution in [0.1, 0.15) is 44.1 Å². The summed E-state index contributed by atoms with van der Waals surface area (Å²) in [5.41, 5.74) is 1.48. The van der Waals surface area contributed by atoms with Crippen molar-refractivity contribution in [3.8, 4) is 0 Å². The molecule has 24 heavy (non-hydrogen) atoms.